The van der Waals surface area contributed by atoms with Crippen molar-refractivity contribution in [2.24, 2.45) is 5.73 Å². The second-order valence-electron chi connectivity index (χ2n) is 3.56. The minimum atomic E-state index is -0.615. The van der Waals surface area contributed by atoms with E-state index < -0.39 is 12.1 Å². The third-order valence-corrected chi connectivity index (χ3v) is 2.97. The van der Waals surface area contributed by atoms with Gasteiger partial charge >= 0.3 is 0 Å². The van der Waals surface area contributed by atoms with Crippen molar-refractivity contribution in [3.8, 4) is 0 Å². The lowest BCUT2D eigenvalue weighted by Crippen LogP contribution is -2.26. The molecule has 92 valence electrons. The van der Waals surface area contributed by atoms with Crippen LogP contribution in [0.2, 0.25) is 0 Å². The molecule has 0 fully saturated rings. The lowest BCUT2D eigenvalue weighted by Gasteiger charge is -2.18. The standard InChI is InChI=1S/C11H15BrFNO.ClH/c1-2-3-10(15)11(14)7-4-5-8(12)9(13)6-7;/h4-6,10-11,15H,2-3,14H2,1H3;1H/t10-,11+;/m0./s1. The summed E-state index contributed by atoms with van der Waals surface area (Å²) in [5, 5.41) is 9.67. The average molecular weight is 313 g/mol. The largest absolute Gasteiger partial charge is 0.391 e. The highest BCUT2D eigenvalue weighted by Gasteiger charge is 2.16. The Morgan fingerprint density at radius 2 is 2.12 bits per heavy atom. The number of hydrogen-bond acceptors (Lipinski definition) is 2. The van der Waals surface area contributed by atoms with Gasteiger partial charge in [-0.05, 0) is 40.0 Å². The Balaban J connectivity index is 0.00000225. The summed E-state index contributed by atoms with van der Waals surface area (Å²) < 4.78 is 13.6. The van der Waals surface area contributed by atoms with E-state index in [-0.39, 0.29) is 18.2 Å². The summed E-state index contributed by atoms with van der Waals surface area (Å²) in [5.41, 5.74) is 6.43. The highest BCUT2D eigenvalue weighted by atomic mass is 79.9. The first-order valence-electron chi connectivity index (χ1n) is 4.94. The van der Waals surface area contributed by atoms with Crippen LogP contribution in [0.5, 0.6) is 0 Å². The highest BCUT2D eigenvalue weighted by Crippen LogP contribution is 2.22. The van der Waals surface area contributed by atoms with Crippen molar-refractivity contribution in [2.45, 2.75) is 31.9 Å². The maximum atomic E-state index is 13.2. The summed E-state index contributed by atoms with van der Waals surface area (Å²) in [5.74, 6) is -0.355. The SMILES string of the molecule is CCC[C@H](O)[C@H](N)c1ccc(Br)c(F)c1.Cl. The second-order valence-corrected chi connectivity index (χ2v) is 4.41. The van der Waals surface area contributed by atoms with Crippen LogP contribution in [0.15, 0.2) is 22.7 Å². The molecule has 0 radical (unpaired) electrons. The first kappa shape index (κ1) is 15.8. The number of aliphatic hydroxyl groups is 1. The van der Waals surface area contributed by atoms with Crippen molar-refractivity contribution in [1.29, 1.82) is 0 Å². The van der Waals surface area contributed by atoms with Crippen LogP contribution in [0.3, 0.4) is 0 Å². The molecule has 1 aromatic rings. The molecule has 0 aliphatic carbocycles. The zero-order valence-electron chi connectivity index (χ0n) is 8.99. The molecule has 0 heterocycles. The fourth-order valence-electron chi connectivity index (χ4n) is 1.42. The maximum Gasteiger partial charge on any atom is 0.137 e. The predicted octanol–water partition coefficient (Wildman–Crippen LogP) is 3.17. The van der Waals surface area contributed by atoms with Crippen LogP contribution in [0.25, 0.3) is 0 Å². The van der Waals surface area contributed by atoms with E-state index in [0.717, 1.165) is 6.42 Å². The molecule has 0 aliphatic heterocycles. The molecule has 0 bridgehead atoms. The summed E-state index contributed by atoms with van der Waals surface area (Å²) in [7, 11) is 0. The van der Waals surface area contributed by atoms with E-state index in [2.05, 4.69) is 15.9 Å². The molecule has 0 aliphatic rings. The van der Waals surface area contributed by atoms with Gasteiger partial charge < -0.3 is 10.8 Å². The van der Waals surface area contributed by atoms with Gasteiger partial charge in [0, 0.05) is 0 Å². The molecular weight excluding hydrogens is 296 g/mol. The molecule has 1 rings (SSSR count). The molecule has 0 saturated carbocycles. The number of benzene rings is 1. The molecule has 0 amide bonds. The zero-order chi connectivity index (χ0) is 11.4. The normalized spacial score (nSPS) is 14.1. The number of hydrogen-bond donors (Lipinski definition) is 2. The number of aliphatic hydroxyl groups excluding tert-OH is 1. The van der Waals surface area contributed by atoms with Gasteiger partial charge in [-0.1, -0.05) is 19.4 Å². The zero-order valence-corrected chi connectivity index (χ0v) is 11.4. The Hall–Kier alpha value is -0.160. The van der Waals surface area contributed by atoms with Gasteiger partial charge in [0.05, 0.1) is 16.6 Å². The molecule has 0 saturated heterocycles. The Kier molecular flexibility index (Phi) is 7.15. The topological polar surface area (TPSA) is 46.2 Å². The molecule has 0 spiro atoms. The molecule has 16 heavy (non-hydrogen) atoms. The smallest absolute Gasteiger partial charge is 0.137 e. The molecule has 3 N–H and O–H groups in total. The van der Waals surface area contributed by atoms with E-state index in [9.17, 15) is 9.50 Å². The summed E-state index contributed by atoms with van der Waals surface area (Å²) >= 11 is 3.07. The number of rotatable bonds is 4. The first-order valence-corrected chi connectivity index (χ1v) is 5.74. The van der Waals surface area contributed by atoms with Crippen molar-refractivity contribution in [2.75, 3.05) is 0 Å². The van der Waals surface area contributed by atoms with Crippen molar-refractivity contribution in [3.05, 3.63) is 34.1 Å². The van der Waals surface area contributed by atoms with Gasteiger partial charge in [0.15, 0.2) is 0 Å². The van der Waals surface area contributed by atoms with Gasteiger partial charge in [0.2, 0.25) is 0 Å². The van der Waals surface area contributed by atoms with Crippen LogP contribution in [0.4, 0.5) is 4.39 Å². The fraction of sp³-hybridized carbons (Fsp3) is 0.455. The van der Waals surface area contributed by atoms with E-state index >= 15 is 0 Å². The predicted molar refractivity (Wildman–Crippen MR) is 69.2 cm³/mol. The Morgan fingerprint density at radius 3 is 2.62 bits per heavy atom. The first-order chi connectivity index (χ1) is 7.06. The Labute approximate surface area is 110 Å². The minimum Gasteiger partial charge on any atom is -0.391 e. The quantitative estimate of drug-likeness (QED) is 0.897. The minimum absolute atomic E-state index is 0. The molecule has 0 aromatic heterocycles. The van der Waals surface area contributed by atoms with E-state index in [1.165, 1.54) is 6.07 Å². The van der Waals surface area contributed by atoms with Crippen LogP contribution in [-0.4, -0.2) is 11.2 Å². The molecule has 2 nitrogen and oxygen atoms in total. The third kappa shape index (κ3) is 4.01. The molecule has 1 aromatic carbocycles. The van der Waals surface area contributed by atoms with Crippen LogP contribution in [-0.2, 0) is 0 Å². The number of nitrogens with two attached hydrogens (primary N) is 1. The molecule has 0 unspecified atom stereocenters. The molecule has 5 heteroatoms. The second kappa shape index (κ2) is 7.22. The highest BCUT2D eigenvalue weighted by molar-refractivity contribution is 9.10. The maximum absolute atomic E-state index is 13.2. The Bertz CT molecular complexity index is 338. The van der Waals surface area contributed by atoms with Crippen molar-refractivity contribution in [3.63, 3.8) is 0 Å². The van der Waals surface area contributed by atoms with Crippen LogP contribution in [0, 0.1) is 5.82 Å². The van der Waals surface area contributed by atoms with Crippen LogP contribution in [0.1, 0.15) is 31.4 Å². The van der Waals surface area contributed by atoms with E-state index in [0.29, 0.717) is 16.5 Å². The molecular formula is C11H16BrClFNO. The summed E-state index contributed by atoms with van der Waals surface area (Å²) in [6, 6.07) is 4.15. The van der Waals surface area contributed by atoms with E-state index in [4.69, 9.17) is 5.73 Å². The lowest BCUT2D eigenvalue weighted by atomic mass is 9.99. The van der Waals surface area contributed by atoms with Gasteiger partial charge in [-0.2, -0.15) is 0 Å². The summed E-state index contributed by atoms with van der Waals surface area (Å²) in [6.45, 7) is 1.97. The summed E-state index contributed by atoms with van der Waals surface area (Å²) in [6.07, 6.45) is 0.864. The van der Waals surface area contributed by atoms with E-state index in [1.807, 2.05) is 6.92 Å². The van der Waals surface area contributed by atoms with Gasteiger partial charge in [0.1, 0.15) is 5.82 Å². The molecule has 2 atom stereocenters. The fourth-order valence-corrected chi connectivity index (χ4v) is 1.66. The van der Waals surface area contributed by atoms with E-state index in [1.54, 1.807) is 12.1 Å². The lowest BCUT2D eigenvalue weighted by molar-refractivity contribution is 0.134. The number of halogens is 3. The monoisotopic (exact) mass is 311 g/mol. The van der Waals surface area contributed by atoms with Crippen molar-refractivity contribution < 1.29 is 9.50 Å². The van der Waals surface area contributed by atoms with Gasteiger partial charge in [-0.15, -0.1) is 12.4 Å². The third-order valence-electron chi connectivity index (χ3n) is 2.33. The van der Waals surface area contributed by atoms with Gasteiger partial charge in [0.25, 0.3) is 0 Å². The Morgan fingerprint density at radius 1 is 1.50 bits per heavy atom. The van der Waals surface area contributed by atoms with Gasteiger partial charge in [-0.25, -0.2) is 4.39 Å². The van der Waals surface area contributed by atoms with Crippen LogP contribution >= 0.6 is 28.3 Å². The van der Waals surface area contributed by atoms with Crippen molar-refractivity contribution in [1.82, 2.24) is 0 Å². The van der Waals surface area contributed by atoms with Crippen LogP contribution < -0.4 is 5.73 Å². The summed E-state index contributed by atoms with van der Waals surface area (Å²) in [4.78, 5) is 0. The van der Waals surface area contributed by atoms with Crippen molar-refractivity contribution >= 4 is 28.3 Å². The van der Waals surface area contributed by atoms with Gasteiger partial charge in [-0.3, -0.25) is 0 Å². The average Bonchev–Trinajstić information content (AvgIpc) is 2.21.